The molecule has 0 bridgehead atoms. The number of nitrogens with one attached hydrogen (secondary N) is 2. The van der Waals surface area contributed by atoms with Gasteiger partial charge in [-0.3, -0.25) is 5.32 Å². The van der Waals surface area contributed by atoms with Gasteiger partial charge in [0.05, 0.1) is 10.7 Å². The van der Waals surface area contributed by atoms with Crippen molar-refractivity contribution in [1.29, 1.82) is 0 Å². The predicted molar refractivity (Wildman–Crippen MR) is 86.2 cm³/mol. The minimum absolute atomic E-state index is 0.487. The van der Waals surface area contributed by atoms with Crippen LogP contribution in [-0.2, 0) is 4.74 Å². The number of benzene rings is 1. The fourth-order valence-electron chi connectivity index (χ4n) is 2.46. The number of carbonyl (C=O) groups excluding carboxylic acids is 1. The topological polar surface area (TPSA) is 50.4 Å². The molecule has 0 saturated carbocycles. The predicted octanol–water partition coefficient (Wildman–Crippen LogP) is 4.15. The van der Waals surface area contributed by atoms with Crippen LogP contribution in [0.3, 0.4) is 0 Å². The average Bonchev–Trinajstić information content (AvgIpc) is 2.40. The highest BCUT2D eigenvalue weighted by Crippen LogP contribution is 2.31. The molecule has 116 valence electrons. The van der Waals surface area contributed by atoms with Crippen LogP contribution in [0.1, 0.15) is 45.1 Å². The molecule has 0 aliphatic carbocycles. The van der Waals surface area contributed by atoms with E-state index in [1.165, 1.54) is 5.56 Å². The van der Waals surface area contributed by atoms with Crippen molar-refractivity contribution in [3.8, 4) is 0 Å². The number of ether oxygens (including phenoxy) is 1. The number of amides is 1. The first-order valence-corrected chi connectivity index (χ1v) is 7.73. The standard InChI is InChI=1S/C16H23ClN2O2/c1-16(2,3)21-15(20)19-14-5-4-12(10-13(14)17)11-6-8-18-9-7-11/h4-5,10-11,18H,6-9H2,1-3H3,(H,19,20). The molecule has 0 radical (unpaired) electrons. The number of anilines is 1. The minimum Gasteiger partial charge on any atom is -0.444 e. The van der Waals surface area contributed by atoms with Crippen LogP contribution in [-0.4, -0.2) is 24.8 Å². The van der Waals surface area contributed by atoms with Crippen LogP contribution in [0, 0.1) is 0 Å². The van der Waals surface area contributed by atoms with Crippen molar-refractivity contribution in [3.63, 3.8) is 0 Å². The average molecular weight is 311 g/mol. The third kappa shape index (κ3) is 4.90. The number of hydrogen-bond donors (Lipinski definition) is 2. The molecule has 0 unspecified atom stereocenters. The van der Waals surface area contributed by atoms with Gasteiger partial charge in [0.1, 0.15) is 5.60 Å². The van der Waals surface area contributed by atoms with E-state index in [1.807, 2.05) is 39.0 Å². The minimum atomic E-state index is -0.522. The number of rotatable bonds is 2. The number of hydrogen-bond acceptors (Lipinski definition) is 3. The third-order valence-electron chi connectivity index (χ3n) is 3.44. The summed E-state index contributed by atoms with van der Waals surface area (Å²) in [5.41, 5.74) is 1.30. The maximum atomic E-state index is 11.8. The summed E-state index contributed by atoms with van der Waals surface area (Å²) in [6.07, 6.45) is 1.75. The lowest BCUT2D eigenvalue weighted by Crippen LogP contribution is -2.27. The Balaban J connectivity index is 2.03. The number of piperidine rings is 1. The van der Waals surface area contributed by atoms with E-state index in [9.17, 15) is 4.79 Å². The Morgan fingerprint density at radius 2 is 2.00 bits per heavy atom. The van der Waals surface area contributed by atoms with Gasteiger partial charge < -0.3 is 10.1 Å². The summed E-state index contributed by atoms with van der Waals surface area (Å²) in [7, 11) is 0. The van der Waals surface area contributed by atoms with Gasteiger partial charge >= 0.3 is 6.09 Å². The van der Waals surface area contributed by atoms with Gasteiger partial charge in [-0.15, -0.1) is 0 Å². The summed E-state index contributed by atoms with van der Waals surface area (Å²) in [6.45, 7) is 7.57. The lowest BCUT2D eigenvalue weighted by atomic mass is 9.90. The van der Waals surface area contributed by atoms with E-state index in [2.05, 4.69) is 10.6 Å². The van der Waals surface area contributed by atoms with Crippen molar-refractivity contribution in [2.24, 2.45) is 0 Å². The molecule has 0 atom stereocenters. The Bertz CT molecular complexity index is 505. The first-order valence-electron chi connectivity index (χ1n) is 7.35. The van der Waals surface area contributed by atoms with Crippen LogP contribution >= 0.6 is 11.6 Å². The highest BCUT2D eigenvalue weighted by molar-refractivity contribution is 6.33. The van der Waals surface area contributed by atoms with E-state index in [0.29, 0.717) is 16.6 Å². The SMILES string of the molecule is CC(C)(C)OC(=O)Nc1ccc(C2CCNCC2)cc1Cl. The molecule has 4 nitrogen and oxygen atoms in total. The highest BCUT2D eigenvalue weighted by Gasteiger charge is 2.19. The Morgan fingerprint density at radius 1 is 1.33 bits per heavy atom. The highest BCUT2D eigenvalue weighted by atomic mass is 35.5. The molecule has 1 fully saturated rings. The van der Waals surface area contributed by atoms with Crippen molar-refractivity contribution in [2.45, 2.75) is 45.1 Å². The summed E-state index contributed by atoms with van der Waals surface area (Å²) in [4.78, 5) is 11.8. The fraction of sp³-hybridized carbons (Fsp3) is 0.562. The van der Waals surface area contributed by atoms with Crippen molar-refractivity contribution in [3.05, 3.63) is 28.8 Å². The molecule has 1 aromatic rings. The number of halogens is 1. The van der Waals surface area contributed by atoms with Crippen molar-refractivity contribution in [1.82, 2.24) is 5.32 Å². The largest absolute Gasteiger partial charge is 0.444 e. The first-order chi connectivity index (χ1) is 9.85. The van der Waals surface area contributed by atoms with Crippen molar-refractivity contribution >= 4 is 23.4 Å². The van der Waals surface area contributed by atoms with E-state index in [0.717, 1.165) is 25.9 Å². The van der Waals surface area contributed by atoms with Gasteiger partial charge in [-0.05, 0) is 70.3 Å². The fourth-order valence-corrected chi connectivity index (χ4v) is 2.69. The van der Waals surface area contributed by atoms with Crippen molar-refractivity contribution in [2.75, 3.05) is 18.4 Å². The zero-order chi connectivity index (χ0) is 15.5. The monoisotopic (exact) mass is 310 g/mol. The van der Waals surface area contributed by atoms with E-state index in [4.69, 9.17) is 16.3 Å². The summed E-state index contributed by atoms with van der Waals surface area (Å²) in [5, 5.41) is 6.60. The molecule has 2 rings (SSSR count). The molecule has 2 N–H and O–H groups in total. The van der Waals surface area contributed by atoms with E-state index in [1.54, 1.807) is 0 Å². The lowest BCUT2D eigenvalue weighted by molar-refractivity contribution is 0.0636. The van der Waals surface area contributed by atoms with Gasteiger partial charge in [-0.25, -0.2) is 4.79 Å². The lowest BCUT2D eigenvalue weighted by Gasteiger charge is -2.24. The molecule has 0 spiro atoms. The van der Waals surface area contributed by atoms with Crippen LogP contribution in [0.25, 0.3) is 0 Å². The van der Waals surface area contributed by atoms with Crippen molar-refractivity contribution < 1.29 is 9.53 Å². The second kappa shape index (κ2) is 6.67. The molecular formula is C16H23ClN2O2. The van der Waals surface area contributed by atoms with Crippen LogP contribution in [0.5, 0.6) is 0 Å². The van der Waals surface area contributed by atoms with E-state index < -0.39 is 11.7 Å². The van der Waals surface area contributed by atoms with Crippen LogP contribution < -0.4 is 10.6 Å². The van der Waals surface area contributed by atoms with Crippen LogP contribution in [0.4, 0.5) is 10.5 Å². The Labute approximate surface area is 131 Å². The molecule has 1 heterocycles. The summed E-state index contributed by atoms with van der Waals surface area (Å²) in [6, 6.07) is 5.84. The third-order valence-corrected chi connectivity index (χ3v) is 3.75. The molecule has 0 aromatic heterocycles. The molecule has 5 heteroatoms. The van der Waals surface area contributed by atoms with Gasteiger partial charge in [0, 0.05) is 0 Å². The molecule has 1 aliphatic heterocycles. The molecule has 1 aliphatic rings. The smallest absolute Gasteiger partial charge is 0.412 e. The Kier molecular flexibility index (Phi) is 5.12. The van der Waals surface area contributed by atoms with E-state index >= 15 is 0 Å². The molecule has 21 heavy (non-hydrogen) atoms. The quantitative estimate of drug-likeness (QED) is 0.862. The summed E-state index contributed by atoms with van der Waals surface area (Å²) < 4.78 is 5.23. The van der Waals surface area contributed by atoms with Crippen LogP contribution in [0.15, 0.2) is 18.2 Å². The molecular weight excluding hydrogens is 288 g/mol. The maximum absolute atomic E-state index is 11.8. The van der Waals surface area contributed by atoms with Gasteiger partial charge in [0.25, 0.3) is 0 Å². The Morgan fingerprint density at radius 3 is 2.57 bits per heavy atom. The zero-order valence-electron chi connectivity index (χ0n) is 12.8. The summed E-state index contributed by atoms with van der Waals surface area (Å²) in [5.74, 6) is 0.541. The normalized spacial score (nSPS) is 16.6. The van der Waals surface area contributed by atoms with Gasteiger partial charge in [0.15, 0.2) is 0 Å². The van der Waals surface area contributed by atoms with E-state index in [-0.39, 0.29) is 0 Å². The van der Waals surface area contributed by atoms with Gasteiger partial charge in [-0.1, -0.05) is 17.7 Å². The summed E-state index contributed by atoms with van der Waals surface area (Å²) >= 11 is 6.28. The second-order valence-corrected chi connectivity index (χ2v) is 6.80. The maximum Gasteiger partial charge on any atom is 0.412 e. The molecule has 1 amide bonds. The molecule has 1 saturated heterocycles. The second-order valence-electron chi connectivity index (χ2n) is 6.39. The number of carbonyl (C=O) groups is 1. The zero-order valence-corrected chi connectivity index (χ0v) is 13.6. The van der Waals surface area contributed by atoms with Crippen LogP contribution in [0.2, 0.25) is 5.02 Å². The van der Waals surface area contributed by atoms with Gasteiger partial charge in [0.2, 0.25) is 0 Å². The first kappa shape index (κ1) is 16.1. The van der Waals surface area contributed by atoms with Gasteiger partial charge in [-0.2, -0.15) is 0 Å². The Hall–Kier alpha value is -1.26. The molecule has 1 aromatic carbocycles.